The number of carbonyl (C=O) groups is 1. The number of ether oxygens (including phenoxy) is 4. The minimum Gasteiger partial charge on any atom is -0.496 e. The maximum atomic E-state index is 12.8. The Morgan fingerprint density at radius 3 is 2.53 bits per heavy atom. The van der Waals surface area contributed by atoms with Crippen molar-refractivity contribution in [1.29, 1.82) is 0 Å². The van der Waals surface area contributed by atoms with Crippen molar-refractivity contribution in [2.24, 2.45) is 0 Å². The zero-order valence-electron chi connectivity index (χ0n) is 17.8. The molecule has 30 heavy (non-hydrogen) atoms. The quantitative estimate of drug-likeness (QED) is 0.485. The van der Waals surface area contributed by atoms with Gasteiger partial charge in [0.25, 0.3) is 5.91 Å². The van der Waals surface area contributed by atoms with Crippen LogP contribution in [-0.2, 0) is 6.54 Å². The number of methoxy groups -OCH3 is 3. The first kappa shape index (κ1) is 21.4. The van der Waals surface area contributed by atoms with Gasteiger partial charge in [-0.3, -0.25) is 4.79 Å². The fourth-order valence-corrected chi connectivity index (χ4v) is 3.22. The first-order valence-corrected chi connectivity index (χ1v) is 9.92. The van der Waals surface area contributed by atoms with E-state index in [2.05, 4.69) is 17.2 Å². The van der Waals surface area contributed by atoms with Crippen molar-refractivity contribution in [3.63, 3.8) is 0 Å². The number of hydrogen-bond acceptors (Lipinski definition) is 5. The summed E-state index contributed by atoms with van der Waals surface area (Å²) in [5, 5.41) is 3.68. The lowest BCUT2D eigenvalue weighted by Crippen LogP contribution is -2.23. The van der Waals surface area contributed by atoms with Crippen LogP contribution in [0.2, 0.25) is 0 Å². The van der Waals surface area contributed by atoms with E-state index in [0.717, 1.165) is 29.5 Å². The van der Waals surface area contributed by atoms with E-state index in [9.17, 15) is 4.79 Å². The predicted octanol–water partition coefficient (Wildman–Crippen LogP) is 4.30. The van der Waals surface area contributed by atoms with Gasteiger partial charge in [0, 0.05) is 18.0 Å². The Kier molecular flexibility index (Phi) is 7.06. The molecule has 0 aliphatic rings. The van der Waals surface area contributed by atoms with Crippen LogP contribution in [0.15, 0.2) is 36.4 Å². The molecule has 0 spiro atoms. The molecule has 2 aromatic carbocycles. The van der Waals surface area contributed by atoms with E-state index in [1.54, 1.807) is 33.5 Å². The standard InChI is InChI=1S/C23H28N2O5/c1-5-6-10-30-16-9-7-8-15(11-16)14-24-23(26)18-12-17-19(27-2)13-20(28-3)22(29-4)21(17)25-18/h7-9,11-13,25H,5-6,10,14H2,1-4H3,(H,24,26). The summed E-state index contributed by atoms with van der Waals surface area (Å²) in [5.74, 6) is 2.21. The van der Waals surface area contributed by atoms with E-state index in [4.69, 9.17) is 18.9 Å². The molecule has 2 N–H and O–H groups in total. The van der Waals surface area contributed by atoms with Gasteiger partial charge in [0.1, 0.15) is 17.2 Å². The van der Waals surface area contributed by atoms with Gasteiger partial charge in [0.15, 0.2) is 11.5 Å². The molecule has 1 aromatic heterocycles. The van der Waals surface area contributed by atoms with Crippen molar-refractivity contribution in [3.8, 4) is 23.0 Å². The van der Waals surface area contributed by atoms with Crippen LogP contribution in [0.3, 0.4) is 0 Å². The van der Waals surface area contributed by atoms with E-state index in [0.29, 0.717) is 41.6 Å². The second kappa shape index (κ2) is 9.91. The number of nitrogens with one attached hydrogen (secondary N) is 2. The van der Waals surface area contributed by atoms with E-state index >= 15 is 0 Å². The number of hydrogen-bond donors (Lipinski definition) is 2. The molecule has 0 aliphatic carbocycles. The second-order valence-corrected chi connectivity index (χ2v) is 6.82. The van der Waals surface area contributed by atoms with Gasteiger partial charge >= 0.3 is 0 Å². The summed E-state index contributed by atoms with van der Waals surface area (Å²) in [4.78, 5) is 15.9. The molecule has 0 saturated carbocycles. The van der Waals surface area contributed by atoms with Gasteiger partial charge < -0.3 is 29.2 Å². The van der Waals surface area contributed by atoms with Crippen molar-refractivity contribution < 1.29 is 23.7 Å². The van der Waals surface area contributed by atoms with Gasteiger partial charge in [-0.25, -0.2) is 0 Å². The number of unbranched alkanes of at least 4 members (excludes halogenated alkanes) is 1. The van der Waals surface area contributed by atoms with E-state index < -0.39 is 0 Å². The topological polar surface area (TPSA) is 81.8 Å². The average Bonchev–Trinajstić information content (AvgIpc) is 3.22. The Balaban J connectivity index is 1.77. The highest BCUT2D eigenvalue weighted by Crippen LogP contribution is 2.41. The van der Waals surface area contributed by atoms with E-state index in [1.807, 2.05) is 24.3 Å². The Labute approximate surface area is 176 Å². The highest BCUT2D eigenvalue weighted by Gasteiger charge is 2.19. The Hall–Kier alpha value is -3.35. The Bertz CT molecular complexity index is 1010. The number of aromatic amines is 1. The highest BCUT2D eigenvalue weighted by molar-refractivity contribution is 6.02. The second-order valence-electron chi connectivity index (χ2n) is 6.82. The minimum atomic E-state index is -0.230. The lowest BCUT2D eigenvalue weighted by Gasteiger charge is -2.11. The number of rotatable bonds is 10. The van der Waals surface area contributed by atoms with Crippen molar-refractivity contribution in [2.45, 2.75) is 26.3 Å². The molecule has 0 saturated heterocycles. The Morgan fingerprint density at radius 2 is 1.83 bits per heavy atom. The fourth-order valence-electron chi connectivity index (χ4n) is 3.22. The van der Waals surface area contributed by atoms with Crippen LogP contribution >= 0.6 is 0 Å². The molecule has 0 bridgehead atoms. The van der Waals surface area contributed by atoms with Gasteiger partial charge in [0.05, 0.1) is 33.5 Å². The molecule has 3 rings (SSSR count). The van der Waals surface area contributed by atoms with Crippen LogP contribution in [-0.4, -0.2) is 38.8 Å². The highest BCUT2D eigenvalue weighted by atomic mass is 16.5. The van der Waals surface area contributed by atoms with Gasteiger partial charge in [-0.1, -0.05) is 25.5 Å². The fraction of sp³-hybridized carbons (Fsp3) is 0.348. The van der Waals surface area contributed by atoms with Crippen LogP contribution in [0, 0.1) is 0 Å². The third-order valence-electron chi connectivity index (χ3n) is 4.80. The number of benzene rings is 2. The van der Waals surface area contributed by atoms with E-state index in [-0.39, 0.29) is 5.91 Å². The third-order valence-corrected chi connectivity index (χ3v) is 4.80. The van der Waals surface area contributed by atoms with Crippen LogP contribution in [0.5, 0.6) is 23.0 Å². The van der Waals surface area contributed by atoms with Crippen molar-refractivity contribution in [1.82, 2.24) is 10.3 Å². The molecule has 0 atom stereocenters. The third kappa shape index (κ3) is 4.62. The normalized spacial score (nSPS) is 10.7. The molecular weight excluding hydrogens is 384 g/mol. The molecule has 7 heteroatoms. The van der Waals surface area contributed by atoms with Gasteiger partial charge in [-0.05, 0) is 30.2 Å². The Morgan fingerprint density at radius 1 is 1.03 bits per heavy atom. The van der Waals surface area contributed by atoms with Crippen molar-refractivity contribution >= 4 is 16.8 Å². The SMILES string of the molecule is CCCCOc1cccc(CNC(=O)c2cc3c(OC)cc(OC)c(OC)c3[nH]2)c1. The van der Waals surface area contributed by atoms with Crippen molar-refractivity contribution in [2.75, 3.05) is 27.9 Å². The monoisotopic (exact) mass is 412 g/mol. The van der Waals surface area contributed by atoms with E-state index in [1.165, 1.54) is 0 Å². The summed E-state index contributed by atoms with van der Waals surface area (Å²) in [6.07, 6.45) is 2.10. The minimum absolute atomic E-state index is 0.230. The first-order valence-electron chi connectivity index (χ1n) is 9.92. The first-order chi connectivity index (χ1) is 14.6. The average molecular weight is 412 g/mol. The van der Waals surface area contributed by atoms with Crippen LogP contribution in [0.4, 0.5) is 0 Å². The summed E-state index contributed by atoms with van der Waals surface area (Å²) in [6, 6.07) is 11.2. The van der Waals surface area contributed by atoms with Crippen LogP contribution in [0.25, 0.3) is 10.9 Å². The van der Waals surface area contributed by atoms with Crippen molar-refractivity contribution in [3.05, 3.63) is 47.7 Å². The molecule has 0 aliphatic heterocycles. The summed E-state index contributed by atoms with van der Waals surface area (Å²) in [7, 11) is 4.68. The molecule has 1 amide bonds. The maximum absolute atomic E-state index is 12.8. The summed E-state index contributed by atoms with van der Waals surface area (Å²) < 4.78 is 22.0. The zero-order valence-corrected chi connectivity index (χ0v) is 17.8. The number of fused-ring (bicyclic) bond motifs is 1. The molecule has 160 valence electrons. The number of H-pyrrole nitrogens is 1. The summed E-state index contributed by atoms with van der Waals surface area (Å²) >= 11 is 0. The largest absolute Gasteiger partial charge is 0.496 e. The summed E-state index contributed by atoms with van der Waals surface area (Å²) in [5.41, 5.74) is 2.01. The molecule has 1 heterocycles. The number of aromatic nitrogens is 1. The predicted molar refractivity (Wildman–Crippen MR) is 116 cm³/mol. The smallest absolute Gasteiger partial charge is 0.268 e. The molecule has 7 nitrogen and oxygen atoms in total. The number of amides is 1. The lowest BCUT2D eigenvalue weighted by atomic mass is 10.2. The summed E-state index contributed by atoms with van der Waals surface area (Å²) in [6.45, 7) is 3.20. The van der Waals surface area contributed by atoms with Gasteiger partial charge in [-0.15, -0.1) is 0 Å². The zero-order chi connectivity index (χ0) is 21.5. The molecule has 0 radical (unpaired) electrons. The molecule has 3 aromatic rings. The van der Waals surface area contributed by atoms with Crippen LogP contribution in [0.1, 0.15) is 35.8 Å². The molecule has 0 unspecified atom stereocenters. The molecular formula is C23H28N2O5. The van der Waals surface area contributed by atoms with Crippen LogP contribution < -0.4 is 24.3 Å². The lowest BCUT2D eigenvalue weighted by molar-refractivity contribution is 0.0946. The van der Waals surface area contributed by atoms with Gasteiger partial charge in [0.2, 0.25) is 0 Å². The molecule has 0 fully saturated rings. The number of carbonyl (C=O) groups excluding carboxylic acids is 1. The maximum Gasteiger partial charge on any atom is 0.268 e. The van der Waals surface area contributed by atoms with Gasteiger partial charge in [-0.2, -0.15) is 0 Å².